The van der Waals surface area contributed by atoms with E-state index in [2.05, 4.69) is 19.9 Å². The molecule has 2 aliphatic rings. The van der Waals surface area contributed by atoms with Crippen LogP contribution in [0.25, 0.3) is 11.4 Å². The molecule has 4 rings (SSSR count). The summed E-state index contributed by atoms with van der Waals surface area (Å²) in [6.45, 7) is 5.26. The van der Waals surface area contributed by atoms with Gasteiger partial charge in [-0.2, -0.15) is 4.98 Å². The quantitative estimate of drug-likeness (QED) is 0.880. The number of ether oxygens (including phenoxy) is 1. The van der Waals surface area contributed by atoms with Gasteiger partial charge in [-0.15, -0.1) is 0 Å². The van der Waals surface area contributed by atoms with E-state index in [1.165, 1.54) is 0 Å². The van der Waals surface area contributed by atoms with Crippen LogP contribution in [0.3, 0.4) is 0 Å². The van der Waals surface area contributed by atoms with Gasteiger partial charge in [0.05, 0.1) is 25.9 Å². The van der Waals surface area contributed by atoms with Crippen molar-refractivity contribution in [1.29, 1.82) is 0 Å². The summed E-state index contributed by atoms with van der Waals surface area (Å²) in [7, 11) is 0. The summed E-state index contributed by atoms with van der Waals surface area (Å²) in [5, 5.41) is 14.4. The molecular formula is C17H22N4O3. The molecule has 7 nitrogen and oxygen atoms in total. The van der Waals surface area contributed by atoms with E-state index in [0.29, 0.717) is 24.8 Å². The molecule has 0 radical (unpaired) electrons. The number of hydrogen-bond donors (Lipinski definition) is 1. The number of nitrogens with zero attached hydrogens (tertiary/aromatic N) is 4. The molecule has 2 atom stereocenters. The number of aliphatic hydroxyl groups is 1. The maximum Gasteiger partial charge on any atom is 0.241 e. The number of rotatable bonds is 4. The molecule has 0 aliphatic carbocycles. The van der Waals surface area contributed by atoms with Gasteiger partial charge in [-0.1, -0.05) is 35.5 Å². The van der Waals surface area contributed by atoms with Crippen LogP contribution in [0.15, 0.2) is 34.9 Å². The number of hydrogen-bond acceptors (Lipinski definition) is 7. The van der Waals surface area contributed by atoms with Crippen molar-refractivity contribution >= 4 is 0 Å². The zero-order valence-corrected chi connectivity index (χ0v) is 13.5. The molecule has 0 amide bonds. The molecular weight excluding hydrogens is 308 g/mol. The Bertz CT molecular complexity index is 657. The first kappa shape index (κ1) is 15.7. The van der Waals surface area contributed by atoms with Gasteiger partial charge in [0, 0.05) is 37.8 Å². The SMILES string of the molecule is O[C@H]1CN(Cc2nc(-c3ccccc3)no2)C[C@@H]1N1CCOCC1. The molecule has 7 heteroatoms. The van der Waals surface area contributed by atoms with E-state index < -0.39 is 0 Å². The molecule has 0 spiro atoms. The molecule has 24 heavy (non-hydrogen) atoms. The van der Waals surface area contributed by atoms with Crippen molar-refractivity contribution in [2.45, 2.75) is 18.7 Å². The third kappa shape index (κ3) is 3.34. The topological polar surface area (TPSA) is 74.9 Å². The highest BCUT2D eigenvalue weighted by Crippen LogP contribution is 2.21. The molecule has 1 aromatic carbocycles. The van der Waals surface area contributed by atoms with Gasteiger partial charge in [-0.05, 0) is 0 Å². The predicted molar refractivity (Wildman–Crippen MR) is 87.2 cm³/mol. The van der Waals surface area contributed by atoms with E-state index in [4.69, 9.17) is 9.26 Å². The molecule has 0 saturated carbocycles. The second kappa shape index (κ2) is 6.98. The second-order valence-corrected chi connectivity index (χ2v) is 6.35. The number of aromatic nitrogens is 2. The number of benzene rings is 1. The van der Waals surface area contributed by atoms with Crippen LogP contribution in [0.5, 0.6) is 0 Å². The molecule has 1 N–H and O–H groups in total. The Morgan fingerprint density at radius 1 is 1.12 bits per heavy atom. The van der Waals surface area contributed by atoms with Gasteiger partial charge in [0.1, 0.15) is 0 Å². The van der Waals surface area contributed by atoms with E-state index in [-0.39, 0.29) is 12.1 Å². The summed E-state index contributed by atoms with van der Waals surface area (Å²) in [6, 6.07) is 9.95. The van der Waals surface area contributed by atoms with E-state index in [9.17, 15) is 5.11 Å². The fourth-order valence-electron chi connectivity index (χ4n) is 3.46. The lowest BCUT2D eigenvalue weighted by Gasteiger charge is -2.33. The van der Waals surface area contributed by atoms with Crippen LogP contribution in [-0.2, 0) is 11.3 Å². The number of aliphatic hydroxyl groups excluding tert-OH is 1. The minimum Gasteiger partial charge on any atom is -0.390 e. The van der Waals surface area contributed by atoms with Crippen LogP contribution < -0.4 is 0 Å². The monoisotopic (exact) mass is 330 g/mol. The van der Waals surface area contributed by atoms with Gasteiger partial charge in [0.15, 0.2) is 0 Å². The molecule has 2 fully saturated rings. The fraction of sp³-hybridized carbons (Fsp3) is 0.529. The highest BCUT2D eigenvalue weighted by molar-refractivity contribution is 5.53. The van der Waals surface area contributed by atoms with E-state index in [1.807, 2.05) is 30.3 Å². The summed E-state index contributed by atoms with van der Waals surface area (Å²) >= 11 is 0. The van der Waals surface area contributed by atoms with Crippen LogP contribution >= 0.6 is 0 Å². The van der Waals surface area contributed by atoms with Gasteiger partial charge in [-0.25, -0.2) is 0 Å². The van der Waals surface area contributed by atoms with E-state index in [1.54, 1.807) is 0 Å². The molecule has 0 unspecified atom stereocenters. The van der Waals surface area contributed by atoms with Gasteiger partial charge in [0.25, 0.3) is 0 Å². The zero-order chi connectivity index (χ0) is 16.4. The Labute approximate surface area is 140 Å². The third-order valence-electron chi connectivity index (χ3n) is 4.71. The standard InChI is InChI=1S/C17H22N4O3/c22-15-11-20(10-14(15)21-6-8-23-9-7-21)12-16-18-17(19-24-16)13-4-2-1-3-5-13/h1-5,14-15,22H,6-12H2/t14-,15-/m0/s1. The molecule has 2 aromatic rings. The average molecular weight is 330 g/mol. The van der Waals surface area contributed by atoms with Gasteiger partial charge < -0.3 is 14.4 Å². The number of morpholine rings is 1. The summed E-state index contributed by atoms with van der Waals surface area (Å²) in [6.07, 6.45) is -0.348. The highest BCUT2D eigenvalue weighted by atomic mass is 16.5. The van der Waals surface area contributed by atoms with Crippen molar-refractivity contribution in [2.75, 3.05) is 39.4 Å². The van der Waals surface area contributed by atoms with Crippen LogP contribution in [0.2, 0.25) is 0 Å². The van der Waals surface area contributed by atoms with Crippen LogP contribution in [0.1, 0.15) is 5.89 Å². The lowest BCUT2D eigenvalue weighted by atomic mass is 10.2. The minimum absolute atomic E-state index is 0.158. The van der Waals surface area contributed by atoms with Crippen molar-refractivity contribution < 1.29 is 14.4 Å². The van der Waals surface area contributed by atoms with Crippen molar-refractivity contribution in [3.05, 3.63) is 36.2 Å². The lowest BCUT2D eigenvalue weighted by molar-refractivity contribution is -0.00620. The first-order chi connectivity index (χ1) is 11.8. The van der Waals surface area contributed by atoms with Crippen molar-refractivity contribution in [3.8, 4) is 11.4 Å². The largest absolute Gasteiger partial charge is 0.390 e. The van der Waals surface area contributed by atoms with E-state index in [0.717, 1.165) is 38.4 Å². The van der Waals surface area contributed by atoms with Crippen molar-refractivity contribution in [2.24, 2.45) is 0 Å². The Hall–Kier alpha value is -1.80. The van der Waals surface area contributed by atoms with Crippen LogP contribution in [0.4, 0.5) is 0 Å². The fourth-order valence-corrected chi connectivity index (χ4v) is 3.46. The minimum atomic E-state index is -0.348. The summed E-state index contributed by atoms with van der Waals surface area (Å²) < 4.78 is 10.8. The van der Waals surface area contributed by atoms with Crippen molar-refractivity contribution in [3.63, 3.8) is 0 Å². The smallest absolute Gasteiger partial charge is 0.241 e. The molecule has 0 bridgehead atoms. The van der Waals surface area contributed by atoms with Crippen LogP contribution in [0, 0.1) is 0 Å². The lowest BCUT2D eigenvalue weighted by Crippen LogP contribution is -2.48. The Balaban J connectivity index is 1.38. The predicted octanol–water partition coefficient (Wildman–Crippen LogP) is 0.614. The normalized spacial score (nSPS) is 26.0. The van der Waals surface area contributed by atoms with Gasteiger partial charge >= 0.3 is 0 Å². The summed E-state index contributed by atoms with van der Waals surface area (Å²) in [4.78, 5) is 8.96. The Morgan fingerprint density at radius 3 is 2.71 bits per heavy atom. The van der Waals surface area contributed by atoms with Crippen molar-refractivity contribution in [1.82, 2.24) is 19.9 Å². The third-order valence-corrected chi connectivity index (χ3v) is 4.71. The molecule has 2 aliphatic heterocycles. The maximum absolute atomic E-state index is 10.4. The first-order valence-corrected chi connectivity index (χ1v) is 8.40. The average Bonchev–Trinajstić information content (AvgIpc) is 3.23. The Kier molecular flexibility index (Phi) is 4.57. The maximum atomic E-state index is 10.4. The second-order valence-electron chi connectivity index (χ2n) is 6.35. The Morgan fingerprint density at radius 2 is 1.92 bits per heavy atom. The molecule has 2 saturated heterocycles. The molecule has 1 aromatic heterocycles. The molecule has 128 valence electrons. The first-order valence-electron chi connectivity index (χ1n) is 8.40. The van der Waals surface area contributed by atoms with Crippen LogP contribution in [-0.4, -0.2) is 76.6 Å². The highest BCUT2D eigenvalue weighted by Gasteiger charge is 2.36. The molecule has 3 heterocycles. The number of β-amino-alcohol motifs (C(OH)–C–C–N with tert-alkyl or cyclic N) is 1. The van der Waals surface area contributed by atoms with Gasteiger partial charge in [0.2, 0.25) is 11.7 Å². The zero-order valence-electron chi connectivity index (χ0n) is 13.5. The summed E-state index contributed by atoms with van der Waals surface area (Å²) in [5.41, 5.74) is 0.945. The summed E-state index contributed by atoms with van der Waals surface area (Å²) in [5.74, 6) is 1.19. The van der Waals surface area contributed by atoms with E-state index >= 15 is 0 Å². The number of likely N-dealkylation sites (tertiary alicyclic amines) is 1. The van der Waals surface area contributed by atoms with Gasteiger partial charge in [-0.3, -0.25) is 9.80 Å².